The predicted molar refractivity (Wildman–Crippen MR) is 75.3 cm³/mol. The Balaban J connectivity index is 3.06. The van der Waals surface area contributed by atoms with Crippen molar-refractivity contribution in [3.8, 4) is 0 Å². The summed E-state index contributed by atoms with van der Waals surface area (Å²) in [7, 11) is -1.35. The normalized spacial score (nSPS) is 12.9. The molecule has 0 radical (unpaired) electrons. The van der Waals surface area contributed by atoms with Crippen LogP contribution < -0.4 is 10.5 Å². The van der Waals surface area contributed by atoms with Crippen LogP contribution in [0.15, 0.2) is 23.1 Å². The third kappa shape index (κ3) is 4.39. The summed E-state index contributed by atoms with van der Waals surface area (Å²) in [5, 5.41) is 9.09. The molecule has 0 saturated carbocycles. The Kier molecular flexibility index (Phi) is 6.09. The minimum atomic E-state index is -3.94. The average molecular weight is 318 g/mol. The Morgan fingerprint density at radius 2 is 2.10 bits per heavy atom. The number of anilines is 1. The van der Waals surface area contributed by atoms with Gasteiger partial charge < -0.3 is 20.3 Å². The van der Waals surface area contributed by atoms with Gasteiger partial charge in [-0.2, -0.15) is 0 Å². The molecule has 0 aromatic heterocycles. The first-order valence-electron chi connectivity index (χ1n) is 5.95. The molecule has 118 valence electrons. The van der Waals surface area contributed by atoms with E-state index < -0.39 is 28.6 Å². The van der Waals surface area contributed by atoms with Crippen molar-refractivity contribution in [2.45, 2.75) is 10.9 Å². The van der Waals surface area contributed by atoms with Crippen LogP contribution in [0.1, 0.15) is 10.4 Å². The number of carbonyl (C=O) groups excluding carboxylic acids is 1. The zero-order valence-corrected chi connectivity index (χ0v) is 12.5. The van der Waals surface area contributed by atoms with Crippen LogP contribution in [0.5, 0.6) is 0 Å². The lowest BCUT2D eigenvalue weighted by Crippen LogP contribution is -2.40. The van der Waals surface area contributed by atoms with Crippen LogP contribution in [0.2, 0.25) is 0 Å². The van der Waals surface area contributed by atoms with Gasteiger partial charge in [-0.3, -0.25) is 0 Å². The van der Waals surface area contributed by atoms with Gasteiger partial charge in [-0.05, 0) is 18.2 Å². The number of aliphatic hydroxyl groups excluding tert-OH is 1. The molecule has 0 spiro atoms. The van der Waals surface area contributed by atoms with Gasteiger partial charge >= 0.3 is 5.97 Å². The van der Waals surface area contributed by atoms with E-state index in [9.17, 15) is 13.2 Å². The van der Waals surface area contributed by atoms with Crippen LogP contribution in [-0.4, -0.2) is 53.0 Å². The fourth-order valence-electron chi connectivity index (χ4n) is 1.65. The Morgan fingerprint density at radius 3 is 2.57 bits per heavy atom. The zero-order chi connectivity index (χ0) is 16.0. The molecular weight excluding hydrogens is 300 g/mol. The first-order valence-corrected chi connectivity index (χ1v) is 7.44. The summed E-state index contributed by atoms with van der Waals surface area (Å²) in [6.45, 7) is -0.414. The van der Waals surface area contributed by atoms with E-state index in [-0.39, 0.29) is 22.8 Å². The lowest BCUT2D eigenvalue weighted by molar-refractivity contribution is 0.0600. The molecule has 1 aromatic rings. The molecule has 1 atom stereocenters. The Bertz CT molecular complexity index is 602. The van der Waals surface area contributed by atoms with Gasteiger partial charge in [-0.1, -0.05) is 0 Å². The van der Waals surface area contributed by atoms with Crippen molar-refractivity contribution in [3.05, 3.63) is 23.8 Å². The first-order chi connectivity index (χ1) is 9.85. The minimum absolute atomic E-state index is 0.00980. The zero-order valence-electron chi connectivity index (χ0n) is 11.7. The molecule has 21 heavy (non-hydrogen) atoms. The van der Waals surface area contributed by atoms with Gasteiger partial charge in [-0.25, -0.2) is 17.9 Å². The molecule has 0 aliphatic rings. The highest BCUT2D eigenvalue weighted by atomic mass is 32.2. The number of sulfonamides is 1. The monoisotopic (exact) mass is 318 g/mol. The van der Waals surface area contributed by atoms with Gasteiger partial charge in [-0.15, -0.1) is 0 Å². The van der Waals surface area contributed by atoms with Crippen molar-refractivity contribution in [3.63, 3.8) is 0 Å². The number of ether oxygens (including phenoxy) is 2. The largest absolute Gasteiger partial charge is 0.465 e. The van der Waals surface area contributed by atoms with E-state index >= 15 is 0 Å². The average Bonchev–Trinajstić information content (AvgIpc) is 2.45. The summed E-state index contributed by atoms with van der Waals surface area (Å²) in [4.78, 5) is 11.2. The molecule has 0 aliphatic heterocycles. The molecule has 9 heteroatoms. The van der Waals surface area contributed by atoms with Crippen molar-refractivity contribution < 1.29 is 27.8 Å². The van der Waals surface area contributed by atoms with Crippen molar-refractivity contribution in [1.82, 2.24) is 4.72 Å². The van der Waals surface area contributed by atoms with Crippen molar-refractivity contribution >= 4 is 21.7 Å². The molecule has 0 bridgehead atoms. The molecule has 0 heterocycles. The minimum Gasteiger partial charge on any atom is -0.465 e. The number of rotatable bonds is 7. The number of nitrogen functional groups attached to an aromatic ring is 1. The highest BCUT2D eigenvalue weighted by Crippen LogP contribution is 2.20. The van der Waals surface area contributed by atoms with Gasteiger partial charge in [0.2, 0.25) is 10.0 Å². The number of benzene rings is 1. The number of nitrogens with two attached hydrogens (primary N) is 1. The number of carbonyl (C=O) groups is 1. The molecule has 0 fully saturated rings. The van der Waals surface area contributed by atoms with Crippen LogP contribution in [-0.2, 0) is 19.5 Å². The maximum atomic E-state index is 12.2. The van der Waals surface area contributed by atoms with Gasteiger partial charge in [0.05, 0.1) is 37.6 Å². The summed E-state index contributed by atoms with van der Waals surface area (Å²) >= 11 is 0. The Hall–Kier alpha value is -1.68. The number of aliphatic hydroxyl groups is 1. The molecule has 4 N–H and O–H groups in total. The van der Waals surface area contributed by atoms with E-state index in [1.54, 1.807) is 0 Å². The number of hydrogen-bond donors (Lipinski definition) is 3. The maximum absolute atomic E-state index is 12.2. The molecule has 0 saturated heterocycles. The predicted octanol–water partition coefficient (Wildman–Crippen LogP) is -0.659. The lowest BCUT2D eigenvalue weighted by Gasteiger charge is -2.16. The van der Waals surface area contributed by atoms with Crippen LogP contribution >= 0.6 is 0 Å². The molecular formula is C12H18N2O6S. The fraction of sp³-hybridized carbons (Fsp3) is 0.417. The molecule has 0 aliphatic carbocycles. The quantitative estimate of drug-likeness (QED) is 0.450. The van der Waals surface area contributed by atoms with Crippen LogP contribution in [0.25, 0.3) is 0 Å². The van der Waals surface area contributed by atoms with Crippen LogP contribution in [0.4, 0.5) is 5.69 Å². The summed E-state index contributed by atoms with van der Waals surface area (Å²) < 4.78 is 35.9. The molecule has 0 amide bonds. The highest BCUT2D eigenvalue weighted by Gasteiger charge is 2.22. The fourth-order valence-corrected chi connectivity index (χ4v) is 2.97. The van der Waals surface area contributed by atoms with E-state index in [1.807, 2.05) is 0 Å². The van der Waals surface area contributed by atoms with Gasteiger partial charge in [0, 0.05) is 7.11 Å². The third-order valence-corrected chi connectivity index (χ3v) is 4.22. The summed E-state index contributed by atoms with van der Waals surface area (Å²) in [5.41, 5.74) is 5.72. The van der Waals surface area contributed by atoms with E-state index in [2.05, 4.69) is 9.46 Å². The maximum Gasteiger partial charge on any atom is 0.337 e. The van der Waals surface area contributed by atoms with Crippen molar-refractivity contribution in [2.75, 3.05) is 33.2 Å². The second-order valence-electron chi connectivity index (χ2n) is 4.20. The Labute approximate surface area is 122 Å². The highest BCUT2D eigenvalue weighted by molar-refractivity contribution is 7.89. The van der Waals surface area contributed by atoms with Gasteiger partial charge in [0.15, 0.2) is 0 Å². The van der Waals surface area contributed by atoms with E-state index in [1.165, 1.54) is 32.4 Å². The van der Waals surface area contributed by atoms with Crippen LogP contribution in [0, 0.1) is 0 Å². The van der Waals surface area contributed by atoms with E-state index in [4.69, 9.17) is 15.6 Å². The number of nitrogens with one attached hydrogen (secondary N) is 1. The van der Waals surface area contributed by atoms with Crippen molar-refractivity contribution in [2.24, 2.45) is 0 Å². The SMILES string of the molecule is COCC(CO)NS(=O)(=O)c1ccc(C(=O)OC)cc1N. The van der Waals surface area contributed by atoms with Crippen molar-refractivity contribution in [1.29, 1.82) is 0 Å². The molecule has 1 unspecified atom stereocenters. The molecule has 1 aromatic carbocycles. The Morgan fingerprint density at radius 1 is 1.43 bits per heavy atom. The third-order valence-electron chi connectivity index (χ3n) is 2.63. The molecule has 1 rings (SSSR count). The molecule has 8 nitrogen and oxygen atoms in total. The standard InChI is InChI=1S/C12H18N2O6S/c1-19-7-9(6-15)14-21(17,18)11-4-3-8(5-10(11)13)12(16)20-2/h3-5,9,14-15H,6-7,13H2,1-2H3. The number of esters is 1. The first kappa shape index (κ1) is 17.4. The van der Waals surface area contributed by atoms with Crippen LogP contribution in [0.3, 0.4) is 0 Å². The number of methoxy groups -OCH3 is 2. The summed E-state index contributed by atoms with van der Waals surface area (Å²) in [5.74, 6) is -0.619. The smallest absolute Gasteiger partial charge is 0.337 e. The number of hydrogen-bond acceptors (Lipinski definition) is 7. The van der Waals surface area contributed by atoms with E-state index in [0.717, 1.165) is 0 Å². The second kappa shape index (κ2) is 7.36. The second-order valence-corrected chi connectivity index (χ2v) is 5.88. The summed E-state index contributed by atoms with van der Waals surface area (Å²) in [6, 6.07) is 2.91. The van der Waals surface area contributed by atoms with E-state index in [0.29, 0.717) is 0 Å². The lowest BCUT2D eigenvalue weighted by atomic mass is 10.2. The van der Waals surface area contributed by atoms with Gasteiger partial charge in [0.25, 0.3) is 0 Å². The topological polar surface area (TPSA) is 128 Å². The summed E-state index contributed by atoms with van der Waals surface area (Å²) in [6.07, 6.45) is 0. The van der Waals surface area contributed by atoms with Gasteiger partial charge in [0.1, 0.15) is 4.90 Å².